The predicted molar refractivity (Wildman–Crippen MR) is 82.4 cm³/mol. The largest absolute Gasteiger partial charge is 0.341 e. The molecule has 21 heavy (non-hydrogen) atoms. The maximum atomic E-state index is 12.1. The molecule has 2 rings (SSSR count). The highest BCUT2D eigenvalue weighted by atomic mass is 35.5. The first kappa shape index (κ1) is 17.4. The first-order valence-electron chi connectivity index (χ1n) is 6.75. The zero-order valence-electron chi connectivity index (χ0n) is 11.9. The summed E-state index contributed by atoms with van der Waals surface area (Å²) in [6.07, 6.45) is 1.52. The molecule has 1 aromatic rings. The molecule has 1 unspecified atom stereocenters. The average molecular weight is 314 g/mol. The number of amides is 1. The number of hydrogen-bond acceptors (Lipinski definition) is 4. The van der Waals surface area contributed by atoms with Gasteiger partial charge in [0.15, 0.2) is 0 Å². The van der Waals surface area contributed by atoms with Crippen LogP contribution in [0.25, 0.3) is 0 Å². The lowest BCUT2D eigenvalue weighted by atomic mass is 10.0. The van der Waals surface area contributed by atoms with Gasteiger partial charge in [0.1, 0.15) is 0 Å². The molecule has 6 nitrogen and oxygen atoms in total. The number of halogens is 1. The Balaban J connectivity index is 0.00000220. The van der Waals surface area contributed by atoms with Crippen molar-refractivity contribution in [2.45, 2.75) is 19.4 Å². The Hall–Kier alpha value is -1.66. The second kappa shape index (κ2) is 7.95. The van der Waals surface area contributed by atoms with Crippen molar-refractivity contribution in [1.82, 2.24) is 10.2 Å². The van der Waals surface area contributed by atoms with E-state index in [-0.39, 0.29) is 30.5 Å². The molecular formula is C14H20ClN3O3. The molecule has 1 fully saturated rings. The Bertz CT molecular complexity index is 504. The van der Waals surface area contributed by atoms with Gasteiger partial charge in [-0.15, -0.1) is 12.4 Å². The van der Waals surface area contributed by atoms with Gasteiger partial charge in [-0.1, -0.05) is 18.2 Å². The van der Waals surface area contributed by atoms with Gasteiger partial charge in [-0.2, -0.15) is 0 Å². The number of nitrogens with zero attached hydrogens (tertiary/aromatic N) is 2. The van der Waals surface area contributed by atoms with Crippen LogP contribution in [0.1, 0.15) is 18.4 Å². The number of para-hydroxylation sites is 1. The van der Waals surface area contributed by atoms with Gasteiger partial charge in [0.25, 0.3) is 5.69 Å². The summed E-state index contributed by atoms with van der Waals surface area (Å²) in [5, 5.41) is 14.2. The molecule has 0 saturated carbocycles. The van der Waals surface area contributed by atoms with Crippen LogP contribution in [0.4, 0.5) is 5.69 Å². The van der Waals surface area contributed by atoms with Crippen LogP contribution >= 0.6 is 12.4 Å². The first-order chi connectivity index (χ1) is 9.58. The van der Waals surface area contributed by atoms with Gasteiger partial charge in [-0.05, 0) is 25.4 Å². The number of benzene rings is 1. The number of rotatable bonds is 5. The first-order valence-corrected chi connectivity index (χ1v) is 6.75. The molecule has 0 bridgehead atoms. The zero-order valence-corrected chi connectivity index (χ0v) is 12.8. The van der Waals surface area contributed by atoms with Crippen molar-refractivity contribution in [3.63, 3.8) is 0 Å². The van der Waals surface area contributed by atoms with Gasteiger partial charge >= 0.3 is 0 Å². The second-order valence-corrected chi connectivity index (χ2v) is 5.20. The van der Waals surface area contributed by atoms with E-state index in [0.717, 1.165) is 19.5 Å². The Morgan fingerprint density at radius 2 is 2.19 bits per heavy atom. The summed E-state index contributed by atoms with van der Waals surface area (Å²) in [5.41, 5.74) is 0.632. The fourth-order valence-corrected chi connectivity index (χ4v) is 2.46. The molecule has 116 valence electrons. The topological polar surface area (TPSA) is 75.5 Å². The van der Waals surface area contributed by atoms with Crippen molar-refractivity contribution in [2.75, 3.05) is 20.1 Å². The van der Waals surface area contributed by atoms with Crippen molar-refractivity contribution in [1.29, 1.82) is 0 Å². The van der Waals surface area contributed by atoms with Gasteiger partial charge in [0, 0.05) is 25.1 Å². The minimum atomic E-state index is -0.408. The molecular weight excluding hydrogens is 294 g/mol. The van der Waals surface area contributed by atoms with Crippen molar-refractivity contribution in [2.24, 2.45) is 5.92 Å². The standard InChI is InChI=1S/C14H19N3O3.ClH/c1-16(14(18)8-11-6-7-15-9-11)10-12-4-2-3-5-13(12)17(19)20;/h2-5,11,15H,6-10H2,1H3;1H. The predicted octanol–water partition coefficient (Wildman–Crippen LogP) is 1.97. The fourth-order valence-electron chi connectivity index (χ4n) is 2.46. The molecule has 1 N–H and O–H groups in total. The lowest BCUT2D eigenvalue weighted by Crippen LogP contribution is -2.28. The molecule has 0 aromatic heterocycles. The minimum Gasteiger partial charge on any atom is -0.341 e. The molecule has 1 amide bonds. The number of nitro groups is 1. The van der Waals surface area contributed by atoms with Crippen LogP contribution < -0.4 is 5.32 Å². The quantitative estimate of drug-likeness (QED) is 0.666. The van der Waals surface area contributed by atoms with E-state index in [4.69, 9.17) is 0 Å². The molecule has 0 aliphatic carbocycles. The summed E-state index contributed by atoms with van der Waals surface area (Å²) in [4.78, 5) is 24.2. The highest BCUT2D eigenvalue weighted by Gasteiger charge is 2.21. The summed E-state index contributed by atoms with van der Waals surface area (Å²) in [5.74, 6) is 0.424. The Morgan fingerprint density at radius 1 is 1.48 bits per heavy atom. The van der Waals surface area contributed by atoms with Crippen molar-refractivity contribution in [3.8, 4) is 0 Å². The van der Waals surface area contributed by atoms with E-state index in [1.165, 1.54) is 6.07 Å². The van der Waals surface area contributed by atoms with Crippen LogP contribution in [-0.4, -0.2) is 35.9 Å². The van der Waals surface area contributed by atoms with Crippen molar-refractivity contribution in [3.05, 3.63) is 39.9 Å². The Kier molecular flexibility index (Phi) is 6.58. The third-order valence-corrected chi connectivity index (χ3v) is 3.65. The SMILES string of the molecule is CN(Cc1ccccc1[N+](=O)[O-])C(=O)CC1CCNC1.Cl. The summed E-state index contributed by atoms with van der Waals surface area (Å²) in [7, 11) is 1.70. The van der Waals surface area contributed by atoms with E-state index >= 15 is 0 Å². The number of carbonyl (C=O) groups excluding carboxylic acids is 1. The zero-order chi connectivity index (χ0) is 14.5. The third-order valence-electron chi connectivity index (χ3n) is 3.65. The lowest BCUT2D eigenvalue weighted by Gasteiger charge is -2.19. The molecule has 1 aromatic carbocycles. The molecule has 1 atom stereocenters. The van der Waals surface area contributed by atoms with E-state index in [9.17, 15) is 14.9 Å². The minimum absolute atomic E-state index is 0. The third kappa shape index (κ3) is 4.68. The van der Waals surface area contributed by atoms with E-state index in [0.29, 0.717) is 17.9 Å². The summed E-state index contributed by atoms with van der Waals surface area (Å²) in [6.45, 7) is 2.12. The van der Waals surface area contributed by atoms with Gasteiger partial charge in [0.05, 0.1) is 11.5 Å². The van der Waals surface area contributed by atoms with Crippen LogP contribution in [0.5, 0.6) is 0 Å². The normalized spacial score (nSPS) is 17.1. The van der Waals surface area contributed by atoms with Gasteiger partial charge in [0.2, 0.25) is 5.91 Å². The van der Waals surface area contributed by atoms with Crippen LogP contribution in [0.15, 0.2) is 24.3 Å². The average Bonchev–Trinajstić information content (AvgIpc) is 2.91. The van der Waals surface area contributed by atoms with Crippen LogP contribution in [0, 0.1) is 16.0 Å². The molecule has 1 heterocycles. The van der Waals surface area contributed by atoms with Gasteiger partial charge in [-0.3, -0.25) is 14.9 Å². The van der Waals surface area contributed by atoms with Gasteiger partial charge in [-0.25, -0.2) is 0 Å². The Morgan fingerprint density at radius 3 is 2.81 bits per heavy atom. The molecule has 7 heteroatoms. The van der Waals surface area contributed by atoms with Crippen LogP contribution in [-0.2, 0) is 11.3 Å². The van der Waals surface area contributed by atoms with Crippen LogP contribution in [0.2, 0.25) is 0 Å². The molecule has 0 spiro atoms. The Labute approximate surface area is 130 Å². The molecule has 0 radical (unpaired) electrons. The maximum Gasteiger partial charge on any atom is 0.274 e. The fraction of sp³-hybridized carbons (Fsp3) is 0.500. The number of hydrogen-bond donors (Lipinski definition) is 1. The molecule has 1 aliphatic rings. The van der Waals surface area contributed by atoms with E-state index in [1.54, 1.807) is 30.1 Å². The van der Waals surface area contributed by atoms with E-state index < -0.39 is 4.92 Å². The van der Waals surface area contributed by atoms with Crippen molar-refractivity contribution >= 4 is 24.0 Å². The molecule has 1 saturated heterocycles. The highest BCUT2D eigenvalue weighted by Crippen LogP contribution is 2.20. The number of carbonyl (C=O) groups is 1. The monoisotopic (exact) mass is 313 g/mol. The van der Waals surface area contributed by atoms with E-state index in [1.807, 2.05) is 0 Å². The van der Waals surface area contributed by atoms with Crippen LogP contribution in [0.3, 0.4) is 0 Å². The van der Waals surface area contributed by atoms with Crippen molar-refractivity contribution < 1.29 is 9.72 Å². The summed E-state index contributed by atoms with van der Waals surface area (Å²) in [6, 6.07) is 6.54. The highest BCUT2D eigenvalue weighted by molar-refractivity contribution is 5.85. The summed E-state index contributed by atoms with van der Waals surface area (Å²) >= 11 is 0. The smallest absolute Gasteiger partial charge is 0.274 e. The number of nitro benzene ring substituents is 1. The number of nitrogens with one attached hydrogen (secondary N) is 1. The maximum absolute atomic E-state index is 12.1. The van der Waals surface area contributed by atoms with E-state index in [2.05, 4.69) is 5.32 Å². The van der Waals surface area contributed by atoms with Gasteiger partial charge < -0.3 is 10.2 Å². The summed E-state index contributed by atoms with van der Waals surface area (Å²) < 4.78 is 0. The lowest BCUT2D eigenvalue weighted by molar-refractivity contribution is -0.385. The molecule has 1 aliphatic heterocycles. The second-order valence-electron chi connectivity index (χ2n) is 5.20.